The summed E-state index contributed by atoms with van der Waals surface area (Å²) in [6.45, 7) is -0.794. The van der Waals surface area contributed by atoms with Gasteiger partial charge >= 0.3 is 12.6 Å². The maximum Gasteiger partial charge on any atom is 0.387 e. The highest BCUT2D eigenvalue weighted by Crippen LogP contribution is 2.22. The van der Waals surface area contributed by atoms with Crippen molar-refractivity contribution in [1.82, 2.24) is 20.2 Å². The lowest BCUT2D eigenvalue weighted by Gasteiger charge is -2.34. The Bertz CT molecular complexity index is 895. The van der Waals surface area contributed by atoms with Crippen LogP contribution in [0.4, 0.5) is 29.6 Å². The molecule has 3 rings (SSSR count). The Hall–Kier alpha value is -3.57. The molecule has 1 saturated heterocycles. The van der Waals surface area contributed by atoms with E-state index in [1.54, 1.807) is 23.4 Å². The third-order valence-electron chi connectivity index (χ3n) is 4.50. The van der Waals surface area contributed by atoms with Crippen molar-refractivity contribution in [2.24, 2.45) is 0 Å². The number of carbonyl (C=O) groups excluding carboxylic acids is 2. The zero-order valence-corrected chi connectivity index (χ0v) is 16.4. The van der Waals surface area contributed by atoms with E-state index in [2.05, 4.69) is 25.3 Å². The first-order chi connectivity index (χ1) is 14.9. The van der Waals surface area contributed by atoms with Gasteiger partial charge in [0, 0.05) is 63.3 Å². The molecule has 2 heterocycles. The third kappa shape index (κ3) is 6.46. The SMILES string of the molecule is O=C(NCCC(=O)N1CCN(c2ncccn2)CC1)Nc1ccc(OC(F)F)c(F)c1. The van der Waals surface area contributed by atoms with E-state index in [-0.39, 0.29) is 24.6 Å². The van der Waals surface area contributed by atoms with Gasteiger partial charge in [-0.05, 0) is 18.2 Å². The van der Waals surface area contributed by atoms with Gasteiger partial charge in [0.15, 0.2) is 11.6 Å². The van der Waals surface area contributed by atoms with Crippen LogP contribution in [0.1, 0.15) is 6.42 Å². The minimum atomic E-state index is -3.15. The van der Waals surface area contributed by atoms with E-state index < -0.39 is 24.2 Å². The van der Waals surface area contributed by atoms with Gasteiger partial charge in [-0.3, -0.25) is 4.79 Å². The largest absolute Gasteiger partial charge is 0.432 e. The van der Waals surface area contributed by atoms with Crippen LogP contribution in [-0.4, -0.2) is 66.1 Å². The number of benzene rings is 1. The van der Waals surface area contributed by atoms with Crippen LogP contribution < -0.4 is 20.3 Å². The summed E-state index contributed by atoms with van der Waals surface area (Å²) in [6, 6.07) is 4.15. The predicted molar refractivity (Wildman–Crippen MR) is 105 cm³/mol. The highest BCUT2D eigenvalue weighted by atomic mass is 19.3. The van der Waals surface area contributed by atoms with E-state index in [4.69, 9.17) is 0 Å². The van der Waals surface area contributed by atoms with Crippen LogP contribution >= 0.6 is 0 Å². The van der Waals surface area contributed by atoms with E-state index in [9.17, 15) is 22.8 Å². The lowest BCUT2D eigenvalue weighted by atomic mass is 10.3. The molecule has 1 aliphatic rings. The summed E-state index contributed by atoms with van der Waals surface area (Å²) in [5, 5.41) is 4.86. The molecule has 1 fully saturated rings. The number of piperazine rings is 1. The van der Waals surface area contributed by atoms with Crippen molar-refractivity contribution in [3.05, 3.63) is 42.5 Å². The van der Waals surface area contributed by atoms with E-state index in [1.807, 2.05) is 4.90 Å². The molecule has 12 heteroatoms. The number of alkyl halides is 2. The van der Waals surface area contributed by atoms with E-state index >= 15 is 0 Å². The van der Waals surface area contributed by atoms with Gasteiger partial charge in [0.1, 0.15) is 0 Å². The fourth-order valence-electron chi connectivity index (χ4n) is 3.00. The number of ether oxygens (including phenoxy) is 1. The maximum atomic E-state index is 13.7. The van der Waals surface area contributed by atoms with Crippen molar-refractivity contribution in [2.45, 2.75) is 13.0 Å². The molecule has 166 valence electrons. The molecule has 31 heavy (non-hydrogen) atoms. The normalized spacial score (nSPS) is 13.8. The Balaban J connectivity index is 1.38. The van der Waals surface area contributed by atoms with Gasteiger partial charge in [-0.15, -0.1) is 0 Å². The van der Waals surface area contributed by atoms with E-state index in [1.165, 1.54) is 6.07 Å². The number of nitrogens with zero attached hydrogens (tertiary/aromatic N) is 4. The number of aromatic nitrogens is 2. The third-order valence-corrected chi connectivity index (χ3v) is 4.50. The van der Waals surface area contributed by atoms with Crippen molar-refractivity contribution in [3.8, 4) is 5.75 Å². The highest BCUT2D eigenvalue weighted by Gasteiger charge is 2.22. The molecule has 0 atom stereocenters. The van der Waals surface area contributed by atoms with E-state index in [0.717, 1.165) is 12.1 Å². The van der Waals surface area contributed by atoms with Gasteiger partial charge in [-0.2, -0.15) is 8.78 Å². The van der Waals surface area contributed by atoms with Crippen molar-refractivity contribution < 1.29 is 27.5 Å². The summed E-state index contributed by atoms with van der Waals surface area (Å²) in [5.41, 5.74) is 0.0576. The molecule has 2 aromatic rings. The summed E-state index contributed by atoms with van der Waals surface area (Å²) >= 11 is 0. The molecule has 0 bridgehead atoms. The fraction of sp³-hybridized carbons (Fsp3) is 0.368. The Kier molecular flexibility index (Phi) is 7.46. The summed E-state index contributed by atoms with van der Waals surface area (Å²) in [4.78, 5) is 36.3. The molecule has 0 unspecified atom stereocenters. The van der Waals surface area contributed by atoms with Gasteiger partial charge in [-0.1, -0.05) is 0 Å². The summed E-state index contributed by atoms with van der Waals surface area (Å²) in [7, 11) is 0. The molecule has 1 aromatic carbocycles. The molecule has 1 aliphatic heterocycles. The smallest absolute Gasteiger partial charge is 0.387 e. The van der Waals surface area contributed by atoms with Crippen molar-refractivity contribution in [3.63, 3.8) is 0 Å². The summed E-state index contributed by atoms with van der Waals surface area (Å²) in [5.74, 6) is -1.13. The van der Waals surface area contributed by atoms with E-state index in [0.29, 0.717) is 32.1 Å². The van der Waals surface area contributed by atoms with Crippen LogP contribution in [0.15, 0.2) is 36.7 Å². The number of nitrogens with one attached hydrogen (secondary N) is 2. The number of halogens is 3. The average Bonchev–Trinajstić information content (AvgIpc) is 2.76. The van der Waals surface area contributed by atoms with Crippen LogP contribution in [0, 0.1) is 5.82 Å². The lowest BCUT2D eigenvalue weighted by molar-refractivity contribution is -0.131. The molecule has 0 spiro atoms. The standard InChI is InChI=1S/C19H21F3N6O3/c20-14-12-13(2-3-15(14)31-17(21)22)26-19(30)25-7-4-16(29)27-8-10-28(11-9-27)18-23-5-1-6-24-18/h1-3,5-6,12,17H,4,7-11H2,(H2,25,26,30). The quantitative estimate of drug-likeness (QED) is 0.687. The van der Waals surface area contributed by atoms with Crippen molar-refractivity contribution in [2.75, 3.05) is 42.9 Å². The van der Waals surface area contributed by atoms with Crippen LogP contribution in [0.25, 0.3) is 0 Å². The number of rotatable bonds is 7. The zero-order valence-electron chi connectivity index (χ0n) is 16.4. The second-order valence-corrected chi connectivity index (χ2v) is 6.57. The van der Waals surface area contributed by atoms with Crippen LogP contribution in [0.2, 0.25) is 0 Å². The number of carbonyl (C=O) groups is 2. The number of hydrogen-bond acceptors (Lipinski definition) is 6. The molecule has 3 amide bonds. The first kappa shape index (κ1) is 22.1. The molecule has 1 aromatic heterocycles. The van der Waals surface area contributed by atoms with Crippen LogP contribution in [0.5, 0.6) is 5.75 Å². The lowest BCUT2D eigenvalue weighted by Crippen LogP contribution is -2.49. The fourth-order valence-corrected chi connectivity index (χ4v) is 3.00. The predicted octanol–water partition coefficient (Wildman–Crippen LogP) is 2.08. The maximum absolute atomic E-state index is 13.7. The van der Waals surface area contributed by atoms with Gasteiger partial charge in [0.25, 0.3) is 0 Å². The second-order valence-electron chi connectivity index (χ2n) is 6.57. The Labute approximate surface area is 176 Å². The molecule has 0 aliphatic carbocycles. The molecular weight excluding hydrogens is 417 g/mol. The zero-order chi connectivity index (χ0) is 22.2. The van der Waals surface area contributed by atoms with Gasteiger partial charge < -0.3 is 25.2 Å². The van der Waals surface area contributed by atoms with Gasteiger partial charge in [0.2, 0.25) is 11.9 Å². The van der Waals surface area contributed by atoms with Gasteiger partial charge in [-0.25, -0.2) is 19.2 Å². The Morgan fingerprint density at radius 3 is 2.48 bits per heavy atom. The summed E-state index contributed by atoms with van der Waals surface area (Å²) in [6.07, 6.45) is 3.43. The first-order valence-electron chi connectivity index (χ1n) is 9.51. The molecule has 0 saturated carbocycles. The number of urea groups is 1. The monoisotopic (exact) mass is 438 g/mol. The second kappa shape index (κ2) is 10.5. The number of anilines is 2. The molecule has 9 nitrogen and oxygen atoms in total. The molecular formula is C19H21F3N6O3. The molecule has 0 radical (unpaired) electrons. The first-order valence-corrected chi connectivity index (χ1v) is 9.51. The van der Waals surface area contributed by atoms with Crippen molar-refractivity contribution >= 4 is 23.6 Å². The van der Waals surface area contributed by atoms with Crippen LogP contribution in [-0.2, 0) is 4.79 Å². The average molecular weight is 438 g/mol. The number of hydrogen-bond donors (Lipinski definition) is 2. The number of amides is 3. The minimum absolute atomic E-state index is 0.0576. The topological polar surface area (TPSA) is 99.7 Å². The van der Waals surface area contributed by atoms with Gasteiger partial charge in [0.05, 0.1) is 0 Å². The Morgan fingerprint density at radius 2 is 1.84 bits per heavy atom. The Morgan fingerprint density at radius 1 is 1.13 bits per heavy atom. The van der Waals surface area contributed by atoms with Crippen LogP contribution in [0.3, 0.4) is 0 Å². The highest BCUT2D eigenvalue weighted by molar-refractivity contribution is 5.89. The van der Waals surface area contributed by atoms with Crippen molar-refractivity contribution in [1.29, 1.82) is 0 Å². The summed E-state index contributed by atoms with van der Waals surface area (Å²) < 4.78 is 41.9. The minimum Gasteiger partial charge on any atom is -0.432 e. The molecule has 2 N–H and O–H groups in total.